The van der Waals surface area contributed by atoms with Crippen LogP contribution in [0.1, 0.15) is 0 Å². The van der Waals surface area contributed by atoms with Crippen LogP contribution in [0.5, 0.6) is 0 Å². The molecule has 0 atom stereocenters. The van der Waals surface area contributed by atoms with E-state index >= 15 is 0 Å². The molecule has 0 radical (unpaired) electrons. The monoisotopic (exact) mass is 443 g/mol. The molecule has 1 nitrogen and oxygen atoms in total. The Kier molecular flexibility index (Phi) is 6.23. The Hall–Kier alpha value is -1.42. The fraction of sp³-hybridized carbons (Fsp3) is 0.800. The Balaban J connectivity index is 6.60. The van der Waals surface area contributed by atoms with Gasteiger partial charge in [0.05, 0.1) is 0 Å². The molecule has 0 aromatic heterocycles. The van der Waals surface area contributed by atoms with Crippen molar-refractivity contribution < 1.29 is 70.2 Å². The summed E-state index contributed by atoms with van der Waals surface area (Å²) < 4.78 is 203. The predicted molar refractivity (Wildman–Crippen MR) is 54.0 cm³/mol. The van der Waals surface area contributed by atoms with Gasteiger partial charge in [0.2, 0.25) is 0 Å². The topological polar surface area (TPSA) is 26.0 Å². The standard InChI is InChI=1S/C10H5F16N/c11-3(1-2-27)4(12,13)5(14,15)6(16,17)7(18,19)8(20,21)9(22,23)10(24,25)26/h1H,2,27H2/b3-1-. The van der Waals surface area contributed by atoms with Crippen molar-refractivity contribution >= 4 is 0 Å². The van der Waals surface area contributed by atoms with Crippen molar-refractivity contribution in [3.05, 3.63) is 11.9 Å². The largest absolute Gasteiger partial charge is 0.460 e. The van der Waals surface area contributed by atoms with Gasteiger partial charge >= 0.3 is 41.7 Å². The van der Waals surface area contributed by atoms with Crippen LogP contribution in [0.15, 0.2) is 11.9 Å². The predicted octanol–water partition coefficient (Wildman–Crippen LogP) is 5.17. The molecule has 0 heterocycles. The van der Waals surface area contributed by atoms with Gasteiger partial charge in [0, 0.05) is 6.54 Å². The third-order valence-electron chi connectivity index (χ3n) is 2.92. The minimum absolute atomic E-state index is 0.787. The molecule has 0 unspecified atom stereocenters. The van der Waals surface area contributed by atoms with Crippen molar-refractivity contribution in [2.75, 3.05) is 6.54 Å². The summed E-state index contributed by atoms with van der Waals surface area (Å²) in [6.07, 6.45) is -8.47. The highest BCUT2D eigenvalue weighted by atomic mass is 19.4. The smallest absolute Gasteiger partial charge is 0.327 e. The fourth-order valence-electron chi connectivity index (χ4n) is 1.35. The molecule has 0 saturated heterocycles. The summed E-state index contributed by atoms with van der Waals surface area (Å²) in [6, 6.07) is 0. The summed E-state index contributed by atoms with van der Waals surface area (Å²) in [4.78, 5) is 0. The van der Waals surface area contributed by atoms with E-state index in [9.17, 15) is 70.2 Å². The second-order valence-electron chi connectivity index (χ2n) is 4.73. The van der Waals surface area contributed by atoms with E-state index in [4.69, 9.17) is 0 Å². The number of alkyl halides is 15. The summed E-state index contributed by atoms with van der Waals surface area (Å²) in [5.41, 5.74) is 4.36. The molecule has 17 heteroatoms. The van der Waals surface area contributed by atoms with Gasteiger partial charge in [-0.2, -0.15) is 65.9 Å². The van der Waals surface area contributed by atoms with E-state index in [0.29, 0.717) is 0 Å². The number of halogens is 16. The van der Waals surface area contributed by atoms with E-state index in [2.05, 4.69) is 5.73 Å². The quantitative estimate of drug-likeness (QED) is 0.540. The van der Waals surface area contributed by atoms with Crippen LogP contribution in [-0.4, -0.2) is 48.3 Å². The molecule has 0 aliphatic rings. The summed E-state index contributed by atoms with van der Waals surface area (Å²) in [6.45, 7) is -1.43. The SMILES string of the molecule is NC/C=C(\F)C(F)(F)C(F)(F)C(F)(F)C(F)(F)C(F)(F)C(F)(F)C(F)(F)F. The van der Waals surface area contributed by atoms with Crippen molar-refractivity contribution in [3.63, 3.8) is 0 Å². The van der Waals surface area contributed by atoms with E-state index in [1.54, 1.807) is 0 Å². The molecule has 0 aromatic carbocycles. The van der Waals surface area contributed by atoms with Crippen LogP contribution in [0.2, 0.25) is 0 Å². The zero-order valence-electron chi connectivity index (χ0n) is 11.9. The molecule has 0 fully saturated rings. The fourth-order valence-corrected chi connectivity index (χ4v) is 1.35. The summed E-state index contributed by atoms with van der Waals surface area (Å²) in [5.74, 6) is -51.8. The van der Waals surface area contributed by atoms with Gasteiger partial charge in [0.1, 0.15) is 0 Å². The Bertz CT molecular complexity index is 570. The Morgan fingerprint density at radius 2 is 0.852 bits per heavy atom. The molecule has 0 spiro atoms. The van der Waals surface area contributed by atoms with Crippen LogP contribution in [0, 0.1) is 0 Å². The molecule has 0 bridgehead atoms. The molecule has 27 heavy (non-hydrogen) atoms. The molecule has 2 N–H and O–H groups in total. The lowest BCUT2D eigenvalue weighted by atomic mass is 9.90. The van der Waals surface area contributed by atoms with Crippen LogP contribution in [-0.2, 0) is 0 Å². The van der Waals surface area contributed by atoms with Gasteiger partial charge in [-0.15, -0.1) is 0 Å². The minimum atomic E-state index is -8.44. The Morgan fingerprint density at radius 1 is 0.556 bits per heavy atom. The van der Waals surface area contributed by atoms with Crippen molar-refractivity contribution in [3.8, 4) is 0 Å². The van der Waals surface area contributed by atoms with Crippen LogP contribution < -0.4 is 5.73 Å². The average molecular weight is 443 g/mol. The maximum absolute atomic E-state index is 13.1. The van der Waals surface area contributed by atoms with Crippen LogP contribution in [0.25, 0.3) is 0 Å². The third kappa shape index (κ3) is 3.30. The first-order valence-electron chi connectivity index (χ1n) is 5.88. The first-order chi connectivity index (χ1) is 11.5. The van der Waals surface area contributed by atoms with Crippen molar-refractivity contribution in [1.82, 2.24) is 0 Å². The van der Waals surface area contributed by atoms with Gasteiger partial charge in [-0.25, -0.2) is 4.39 Å². The zero-order valence-corrected chi connectivity index (χ0v) is 11.9. The van der Waals surface area contributed by atoms with Gasteiger partial charge in [0.15, 0.2) is 5.83 Å². The van der Waals surface area contributed by atoms with Crippen molar-refractivity contribution in [2.45, 2.75) is 41.7 Å². The maximum atomic E-state index is 13.1. The van der Waals surface area contributed by atoms with Gasteiger partial charge in [-0.05, 0) is 6.08 Å². The highest BCUT2D eigenvalue weighted by molar-refractivity contribution is 5.19. The van der Waals surface area contributed by atoms with E-state index < -0.39 is 60.2 Å². The molecular weight excluding hydrogens is 438 g/mol. The number of hydrogen-bond donors (Lipinski definition) is 1. The first kappa shape index (κ1) is 25.6. The molecule has 0 amide bonds. The second-order valence-corrected chi connectivity index (χ2v) is 4.73. The molecule has 0 aliphatic carbocycles. The maximum Gasteiger partial charge on any atom is 0.460 e. The number of hydrogen-bond acceptors (Lipinski definition) is 1. The van der Waals surface area contributed by atoms with Crippen LogP contribution in [0.3, 0.4) is 0 Å². The Morgan fingerprint density at radius 3 is 1.15 bits per heavy atom. The number of nitrogens with two attached hydrogens (primary N) is 1. The van der Waals surface area contributed by atoms with Crippen LogP contribution >= 0.6 is 0 Å². The van der Waals surface area contributed by atoms with E-state index in [1.807, 2.05) is 0 Å². The van der Waals surface area contributed by atoms with Gasteiger partial charge in [0.25, 0.3) is 0 Å². The lowest BCUT2D eigenvalue weighted by Crippen LogP contribution is -2.72. The molecular formula is C10H5F16N. The second kappa shape index (κ2) is 6.58. The molecule has 0 aromatic rings. The molecule has 162 valence electrons. The summed E-state index contributed by atoms with van der Waals surface area (Å²) in [7, 11) is 0. The van der Waals surface area contributed by atoms with Gasteiger partial charge in [-0.1, -0.05) is 0 Å². The van der Waals surface area contributed by atoms with Crippen LogP contribution in [0.4, 0.5) is 70.2 Å². The lowest BCUT2D eigenvalue weighted by molar-refractivity contribution is -0.450. The zero-order chi connectivity index (χ0) is 22.5. The number of rotatable bonds is 7. The minimum Gasteiger partial charge on any atom is -0.327 e. The third-order valence-corrected chi connectivity index (χ3v) is 2.92. The Labute approximate surface area is 137 Å². The van der Waals surface area contributed by atoms with Gasteiger partial charge < -0.3 is 5.73 Å². The summed E-state index contributed by atoms with van der Waals surface area (Å²) >= 11 is 0. The summed E-state index contributed by atoms with van der Waals surface area (Å²) in [5, 5.41) is 0. The van der Waals surface area contributed by atoms with Crippen molar-refractivity contribution in [2.24, 2.45) is 5.73 Å². The number of allylic oxidation sites excluding steroid dienone is 1. The van der Waals surface area contributed by atoms with Crippen molar-refractivity contribution in [1.29, 1.82) is 0 Å². The molecule has 0 aliphatic heterocycles. The lowest BCUT2D eigenvalue weighted by Gasteiger charge is -2.41. The first-order valence-corrected chi connectivity index (χ1v) is 5.88. The molecule has 0 rings (SSSR count). The molecule has 0 saturated carbocycles. The van der Waals surface area contributed by atoms with E-state index in [-0.39, 0.29) is 0 Å². The van der Waals surface area contributed by atoms with E-state index in [1.165, 1.54) is 0 Å². The normalized spacial score (nSPS) is 16.7. The van der Waals surface area contributed by atoms with Gasteiger partial charge in [-0.3, -0.25) is 0 Å². The van der Waals surface area contributed by atoms with E-state index in [0.717, 1.165) is 0 Å². The highest BCUT2D eigenvalue weighted by Gasteiger charge is 2.93. The highest BCUT2D eigenvalue weighted by Crippen LogP contribution is 2.63. The average Bonchev–Trinajstić information content (AvgIpc) is 2.45.